The van der Waals surface area contributed by atoms with Crippen molar-refractivity contribution in [2.75, 3.05) is 13.2 Å². The highest BCUT2D eigenvalue weighted by Crippen LogP contribution is 2.59. The monoisotopic (exact) mass is 255 g/mol. The van der Waals surface area contributed by atoms with Crippen LogP contribution in [0.1, 0.15) is 27.7 Å². The lowest BCUT2D eigenvalue weighted by Gasteiger charge is -2.37. The first-order chi connectivity index (χ1) is 8.26. The first-order valence-corrected chi connectivity index (χ1v) is 6.41. The number of carboxylic acid groups (broad SMARTS) is 1. The van der Waals surface area contributed by atoms with E-state index in [9.17, 15) is 9.59 Å². The molecule has 0 aromatic rings. The van der Waals surface area contributed by atoms with Gasteiger partial charge in [-0.25, -0.2) is 0 Å². The average molecular weight is 255 g/mol. The van der Waals surface area contributed by atoms with Crippen LogP contribution in [0, 0.1) is 17.3 Å². The second-order valence-corrected chi connectivity index (χ2v) is 6.10. The molecule has 0 bridgehead atoms. The van der Waals surface area contributed by atoms with Crippen molar-refractivity contribution in [2.24, 2.45) is 17.3 Å². The number of carbonyl (C=O) groups excluding carboxylic acids is 1. The van der Waals surface area contributed by atoms with Crippen molar-refractivity contribution in [3.8, 4) is 0 Å². The van der Waals surface area contributed by atoms with Crippen LogP contribution in [0.3, 0.4) is 0 Å². The van der Waals surface area contributed by atoms with Gasteiger partial charge in [0.05, 0.1) is 30.6 Å². The van der Waals surface area contributed by atoms with Crippen LogP contribution in [0.2, 0.25) is 0 Å². The number of rotatable bonds is 2. The van der Waals surface area contributed by atoms with Gasteiger partial charge in [-0.2, -0.15) is 0 Å². The standard InChI is InChI=1S/C13H21NO4/c1-7-6-18-8(2)5-14(7)11(15)9-10(12(16)17)13(9,3)4/h7-10H,5-6H2,1-4H3,(H,16,17). The lowest BCUT2D eigenvalue weighted by molar-refractivity contribution is -0.148. The Morgan fingerprint density at radius 3 is 2.39 bits per heavy atom. The van der Waals surface area contributed by atoms with E-state index in [0.717, 1.165) is 0 Å². The van der Waals surface area contributed by atoms with E-state index < -0.39 is 17.3 Å². The smallest absolute Gasteiger partial charge is 0.307 e. The average Bonchev–Trinajstić information content (AvgIpc) is 2.84. The molecule has 2 aliphatic rings. The van der Waals surface area contributed by atoms with Crippen LogP contribution in [0.5, 0.6) is 0 Å². The van der Waals surface area contributed by atoms with E-state index in [2.05, 4.69) is 0 Å². The van der Waals surface area contributed by atoms with E-state index in [4.69, 9.17) is 9.84 Å². The molecule has 2 fully saturated rings. The number of carboxylic acids is 1. The van der Waals surface area contributed by atoms with Gasteiger partial charge in [-0.1, -0.05) is 13.8 Å². The summed E-state index contributed by atoms with van der Waals surface area (Å²) in [5.74, 6) is -1.83. The predicted octanol–water partition coefficient (Wildman–Crippen LogP) is 0.979. The summed E-state index contributed by atoms with van der Waals surface area (Å²) < 4.78 is 5.49. The lowest BCUT2D eigenvalue weighted by Crippen LogP contribution is -2.51. The van der Waals surface area contributed by atoms with Gasteiger partial charge in [0.1, 0.15) is 0 Å². The second-order valence-electron chi connectivity index (χ2n) is 6.10. The lowest BCUT2D eigenvalue weighted by atomic mass is 10.1. The van der Waals surface area contributed by atoms with Gasteiger partial charge >= 0.3 is 5.97 Å². The molecule has 1 saturated carbocycles. The summed E-state index contributed by atoms with van der Waals surface area (Å²) in [6.07, 6.45) is 0.0234. The van der Waals surface area contributed by atoms with Crippen molar-refractivity contribution in [1.29, 1.82) is 0 Å². The van der Waals surface area contributed by atoms with Crippen LogP contribution in [0.4, 0.5) is 0 Å². The third-order valence-electron chi connectivity index (χ3n) is 4.25. The zero-order chi connectivity index (χ0) is 13.7. The van der Waals surface area contributed by atoms with Gasteiger partial charge in [0.15, 0.2) is 0 Å². The highest BCUT2D eigenvalue weighted by Gasteiger charge is 2.66. The molecule has 1 saturated heterocycles. The third-order valence-corrected chi connectivity index (χ3v) is 4.25. The van der Waals surface area contributed by atoms with Gasteiger partial charge in [0, 0.05) is 6.54 Å². The van der Waals surface area contributed by atoms with Crippen molar-refractivity contribution in [3.05, 3.63) is 0 Å². The van der Waals surface area contributed by atoms with Crippen LogP contribution >= 0.6 is 0 Å². The van der Waals surface area contributed by atoms with Crippen LogP contribution in [-0.4, -0.2) is 47.2 Å². The molecule has 18 heavy (non-hydrogen) atoms. The number of hydrogen-bond acceptors (Lipinski definition) is 3. The van der Waals surface area contributed by atoms with Crippen molar-refractivity contribution in [2.45, 2.75) is 39.8 Å². The predicted molar refractivity (Wildman–Crippen MR) is 65.0 cm³/mol. The molecule has 5 heteroatoms. The molecule has 0 aromatic heterocycles. The quantitative estimate of drug-likeness (QED) is 0.798. The third kappa shape index (κ3) is 2.00. The molecule has 5 nitrogen and oxygen atoms in total. The Morgan fingerprint density at radius 1 is 1.28 bits per heavy atom. The van der Waals surface area contributed by atoms with Gasteiger partial charge < -0.3 is 14.7 Å². The summed E-state index contributed by atoms with van der Waals surface area (Å²) in [4.78, 5) is 25.4. The Balaban J connectivity index is 2.10. The van der Waals surface area contributed by atoms with Crippen LogP contribution in [0.25, 0.3) is 0 Å². The molecule has 1 N–H and O–H groups in total. The van der Waals surface area contributed by atoms with E-state index in [1.54, 1.807) is 4.90 Å². The van der Waals surface area contributed by atoms with Crippen molar-refractivity contribution < 1.29 is 19.4 Å². The molecular formula is C13H21NO4. The summed E-state index contributed by atoms with van der Waals surface area (Å²) in [5, 5.41) is 9.13. The SMILES string of the molecule is CC1CN(C(=O)C2C(C(=O)O)C2(C)C)C(C)CO1. The summed E-state index contributed by atoms with van der Waals surface area (Å²) in [7, 11) is 0. The van der Waals surface area contributed by atoms with Crippen molar-refractivity contribution in [3.63, 3.8) is 0 Å². The maximum absolute atomic E-state index is 12.5. The normalized spacial score (nSPS) is 38.3. The Labute approximate surface area is 107 Å². The number of ether oxygens (including phenoxy) is 1. The molecular weight excluding hydrogens is 234 g/mol. The molecule has 2 rings (SSSR count). The topological polar surface area (TPSA) is 66.8 Å². The first kappa shape index (κ1) is 13.3. The van der Waals surface area contributed by atoms with Crippen LogP contribution in [0.15, 0.2) is 0 Å². The van der Waals surface area contributed by atoms with Crippen molar-refractivity contribution in [1.82, 2.24) is 4.90 Å². The number of aliphatic carboxylic acids is 1. The molecule has 1 aliphatic carbocycles. The number of morpholine rings is 1. The van der Waals surface area contributed by atoms with E-state index >= 15 is 0 Å². The Kier molecular flexibility index (Phi) is 3.13. The molecule has 1 amide bonds. The molecule has 4 atom stereocenters. The van der Waals surface area contributed by atoms with Gasteiger partial charge in [0.2, 0.25) is 5.91 Å². The zero-order valence-corrected chi connectivity index (χ0v) is 11.3. The molecule has 0 radical (unpaired) electrons. The van der Waals surface area contributed by atoms with Gasteiger partial charge in [-0.05, 0) is 19.3 Å². The first-order valence-electron chi connectivity index (χ1n) is 6.41. The molecule has 102 valence electrons. The van der Waals surface area contributed by atoms with E-state index in [1.807, 2.05) is 27.7 Å². The Hall–Kier alpha value is -1.10. The number of hydrogen-bond donors (Lipinski definition) is 1. The Morgan fingerprint density at radius 2 is 1.89 bits per heavy atom. The van der Waals surface area contributed by atoms with Crippen molar-refractivity contribution >= 4 is 11.9 Å². The Bertz CT molecular complexity index is 379. The number of amides is 1. The maximum Gasteiger partial charge on any atom is 0.307 e. The van der Waals surface area contributed by atoms with Gasteiger partial charge in [-0.3, -0.25) is 9.59 Å². The van der Waals surface area contributed by atoms with Gasteiger partial charge in [-0.15, -0.1) is 0 Å². The summed E-state index contributed by atoms with van der Waals surface area (Å²) in [6.45, 7) is 8.65. The minimum atomic E-state index is -0.868. The number of nitrogens with zero attached hydrogens (tertiary/aromatic N) is 1. The molecule has 0 spiro atoms. The second kappa shape index (κ2) is 4.23. The molecule has 0 aromatic carbocycles. The fourth-order valence-electron chi connectivity index (χ4n) is 2.95. The largest absolute Gasteiger partial charge is 0.481 e. The van der Waals surface area contributed by atoms with E-state index in [0.29, 0.717) is 13.2 Å². The fraction of sp³-hybridized carbons (Fsp3) is 0.846. The summed E-state index contributed by atoms with van der Waals surface area (Å²) in [5.41, 5.74) is -0.426. The molecule has 4 unspecified atom stereocenters. The minimum absolute atomic E-state index is 0.0234. The minimum Gasteiger partial charge on any atom is -0.481 e. The number of carbonyl (C=O) groups is 2. The summed E-state index contributed by atoms with van der Waals surface area (Å²) in [6, 6.07) is 0.0274. The van der Waals surface area contributed by atoms with Gasteiger partial charge in [0.25, 0.3) is 0 Å². The van der Waals surface area contributed by atoms with Crippen LogP contribution in [-0.2, 0) is 14.3 Å². The summed E-state index contributed by atoms with van der Waals surface area (Å²) >= 11 is 0. The highest BCUT2D eigenvalue weighted by atomic mass is 16.5. The zero-order valence-electron chi connectivity index (χ0n) is 11.3. The van der Waals surface area contributed by atoms with E-state index in [-0.39, 0.29) is 24.0 Å². The van der Waals surface area contributed by atoms with E-state index in [1.165, 1.54) is 0 Å². The highest BCUT2D eigenvalue weighted by molar-refractivity contribution is 5.91. The molecule has 1 heterocycles. The maximum atomic E-state index is 12.5. The fourth-order valence-corrected chi connectivity index (χ4v) is 2.95. The van der Waals surface area contributed by atoms with Crippen LogP contribution < -0.4 is 0 Å². The molecule has 1 aliphatic heterocycles.